The fourth-order valence-corrected chi connectivity index (χ4v) is 2.19. The van der Waals surface area contributed by atoms with Crippen molar-refractivity contribution in [3.05, 3.63) is 47.5 Å². The zero-order chi connectivity index (χ0) is 12.3. The normalized spacial score (nSPS) is 10.6. The summed E-state index contributed by atoms with van der Waals surface area (Å²) < 4.78 is 0. The van der Waals surface area contributed by atoms with Crippen LogP contribution in [0.1, 0.15) is 24.0 Å². The van der Waals surface area contributed by atoms with Gasteiger partial charge >= 0.3 is 5.97 Å². The Morgan fingerprint density at radius 2 is 1.94 bits per heavy atom. The van der Waals surface area contributed by atoms with Crippen LogP contribution in [0, 0.1) is 6.92 Å². The summed E-state index contributed by atoms with van der Waals surface area (Å²) in [5.74, 6) is -0.720. The Morgan fingerprint density at radius 3 is 2.71 bits per heavy atom. The molecule has 0 radical (unpaired) electrons. The van der Waals surface area contributed by atoms with Gasteiger partial charge in [-0.2, -0.15) is 0 Å². The molecule has 0 aliphatic rings. The molecule has 0 fully saturated rings. The van der Waals surface area contributed by atoms with E-state index in [1.807, 2.05) is 12.1 Å². The number of aryl methyl sites for hydroxylation is 2. The number of fused-ring (bicyclic) bond motifs is 1. The Bertz CT molecular complexity index is 544. The first-order chi connectivity index (χ1) is 8.18. The van der Waals surface area contributed by atoms with Gasteiger partial charge < -0.3 is 5.11 Å². The fourth-order valence-electron chi connectivity index (χ4n) is 2.19. The lowest BCUT2D eigenvalue weighted by atomic mass is 9.96. The van der Waals surface area contributed by atoms with Gasteiger partial charge in [0.2, 0.25) is 0 Å². The van der Waals surface area contributed by atoms with Crippen LogP contribution < -0.4 is 0 Å². The second-order valence-corrected chi connectivity index (χ2v) is 4.33. The van der Waals surface area contributed by atoms with Gasteiger partial charge in [-0.1, -0.05) is 36.4 Å². The smallest absolute Gasteiger partial charge is 0.303 e. The summed E-state index contributed by atoms with van der Waals surface area (Å²) in [4.78, 5) is 10.5. The van der Waals surface area contributed by atoms with Gasteiger partial charge in [0.1, 0.15) is 0 Å². The maximum absolute atomic E-state index is 10.5. The van der Waals surface area contributed by atoms with E-state index < -0.39 is 5.97 Å². The van der Waals surface area contributed by atoms with Crippen LogP contribution in [0.15, 0.2) is 36.4 Å². The van der Waals surface area contributed by atoms with Gasteiger partial charge in [-0.25, -0.2) is 0 Å². The Kier molecular flexibility index (Phi) is 3.43. The Morgan fingerprint density at radius 1 is 1.18 bits per heavy atom. The number of hydrogen-bond donors (Lipinski definition) is 1. The molecular formula is C15H16O2. The van der Waals surface area contributed by atoms with Crippen molar-refractivity contribution in [3.63, 3.8) is 0 Å². The van der Waals surface area contributed by atoms with E-state index in [4.69, 9.17) is 5.11 Å². The van der Waals surface area contributed by atoms with Crippen LogP contribution in [0.4, 0.5) is 0 Å². The molecule has 1 N–H and O–H groups in total. The monoisotopic (exact) mass is 228 g/mol. The van der Waals surface area contributed by atoms with Crippen molar-refractivity contribution in [2.75, 3.05) is 0 Å². The summed E-state index contributed by atoms with van der Waals surface area (Å²) in [5, 5.41) is 11.1. The molecule has 2 aromatic rings. The molecule has 0 bridgehead atoms. The highest BCUT2D eigenvalue weighted by molar-refractivity contribution is 5.86. The van der Waals surface area contributed by atoms with E-state index in [2.05, 4.69) is 31.2 Å². The maximum atomic E-state index is 10.5. The molecule has 17 heavy (non-hydrogen) atoms. The molecule has 0 aromatic heterocycles. The van der Waals surface area contributed by atoms with E-state index in [0.717, 1.165) is 6.42 Å². The fraction of sp³-hybridized carbons (Fsp3) is 0.267. The molecule has 2 heteroatoms. The van der Waals surface area contributed by atoms with Crippen LogP contribution in [-0.4, -0.2) is 11.1 Å². The van der Waals surface area contributed by atoms with Crippen LogP contribution in [0.25, 0.3) is 10.8 Å². The van der Waals surface area contributed by atoms with E-state index in [1.165, 1.54) is 21.9 Å². The second-order valence-electron chi connectivity index (χ2n) is 4.33. The molecule has 0 unspecified atom stereocenters. The number of carboxylic acid groups (broad SMARTS) is 1. The molecule has 0 heterocycles. The van der Waals surface area contributed by atoms with Crippen molar-refractivity contribution in [2.45, 2.75) is 26.2 Å². The van der Waals surface area contributed by atoms with Gasteiger partial charge in [-0.05, 0) is 41.7 Å². The Balaban J connectivity index is 2.31. The third kappa shape index (κ3) is 2.64. The Hall–Kier alpha value is -1.83. The van der Waals surface area contributed by atoms with E-state index >= 15 is 0 Å². The molecule has 0 spiro atoms. The van der Waals surface area contributed by atoms with Crippen molar-refractivity contribution in [3.8, 4) is 0 Å². The molecule has 2 nitrogen and oxygen atoms in total. The molecule has 0 atom stereocenters. The van der Waals surface area contributed by atoms with E-state index in [9.17, 15) is 4.79 Å². The SMILES string of the molecule is Cc1ccc2ccccc2c1CCCC(=O)O. The van der Waals surface area contributed by atoms with Gasteiger partial charge in [-0.3, -0.25) is 4.79 Å². The second kappa shape index (κ2) is 5.00. The van der Waals surface area contributed by atoms with Crippen LogP contribution in [0.3, 0.4) is 0 Å². The lowest BCUT2D eigenvalue weighted by Gasteiger charge is -2.09. The van der Waals surface area contributed by atoms with Crippen molar-refractivity contribution in [1.29, 1.82) is 0 Å². The van der Waals surface area contributed by atoms with E-state index in [1.54, 1.807) is 0 Å². The number of hydrogen-bond acceptors (Lipinski definition) is 1. The first-order valence-electron chi connectivity index (χ1n) is 5.87. The summed E-state index contributed by atoms with van der Waals surface area (Å²) >= 11 is 0. The highest BCUT2D eigenvalue weighted by Crippen LogP contribution is 2.23. The van der Waals surface area contributed by atoms with Crippen LogP contribution in [0.5, 0.6) is 0 Å². The standard InChI is InChI=1S/C15H16O2/c1-11-9-10-12-5-2-3-6-14(12)13(11)7-4-8-15(16)17/h2-3,5-6,9-10H,4,7-8H2,1H3,(H,16,17). The average Bonchev–Trinajstić information content (AvgIpc) is 2.32. The molecule has 2 rings (SSSR count). The van der Waals surface area contributed by atoms with Gasteiger partial charge in [0, 0.05) is 6.42 Å². The zero-order valence-electron chi connectivity index (χ0n) is 9.94. The zero-order valence-corrected chi connectivity index (χ0v) is 9.94. The average molecular weight is 228 g/mol. The van der Waals surface area contributed by atoms with Gasteiger partial charge in [0.05, 0.1) is 0 Å². The highest BCUT2D eigenvalue weighted by Gasteiger charge is 2.05. The number of rotatable bonds is 4. The van der Waals surface area contributed by atoms with Gasteiger partial charge in [0.15, 0.2) is 0 Å². The molecule has 2 aromatic carbocycles. The van der Waals surface area contributed by atoms with E-state index in [0.29, 0.717) is 6.42 Å². The lowest BCUT2D eigenvalue weighted by Crippen LogP contribution is -1.98. The summed E-state index contributed by atoms with van der Waals surface area (Å²) in [6.07, 6.45) is 1.77. The summed E-state index contributed by atoms with van der Waals surface area (Å²) in [7, 11) is 0. The molecule has 0 amide bonds. The summed E-state index contributed by atoms with van der Waals surface area (Å²) in [6.45, 7) is 2.09. The molecule has 0 aliphatic carbocycles. The predicted molar refractivity (Wildman–Crippen MR) is 69.3 cm³/mol. The first kappa shape index (κ1) is 11.6. The number of carboxylic acids is 1. The highest BCUT2D eigenvalue weighted by atomic mass is 16.4. The van der Waals surface area contributed by atoms with Crippen molar-refractivity contribution in [1.82, 2.24) is 0 Å². The number of carbonyl (C=O) groups is 1. The van der Waals surface area contributed by atoms with Crippen LogP contribution in [0.2, 0.25) is 0 Å². The molecule has 0 saturated carbocycles. The van der Waals surface area contributed by atoms with Gasteiger partial charge in [0.25, 0.3) is 0 Å². The van der Waals surface area contributed by atoms with Crippen molar-refractivity contribution < 1.29 is 9.90 Å². The number of aliphatic carboxylic acids is 1. The van der Waals surface area contributed by atoms with Crippen molar-refractivity contribution in [2.24, 2.45) is 0 Å². The molecular weight excluding hydrogens is 212 g/mol. The number of benzene rings is 2. The van der Waals surface area contributed by atoms with Crippen LogP contribution >= 0.6 is 0 Å². The van der Waals surface area contributed by atoms with E-state index in [-0.39, 0.29) is 6.42 Å². The summed E-state index contributed by atoms with van der Waals surface area (Å²) in [6, 6.07) is 12.5. The Labute approximate surface area is 101 Å². The minimum Gasteiger partial charge on any atom is -0.481 e. The first-order valence-corrected chi connectivity index (χ1v) is 5.87. The maximum Gasteiger partial charge on any atom is 0.303 e. The lowest BCUT2D eigenvalue weighted by molar-refractivity contribution is -0.137. The molecule has 0 saturated heterocycles. The quantitative estimate of drug-likeness (QED) is 0.868. The topological polar surface area (TPSA) is 37.3 Å². The minimum atomic E-state index is -0.720. The summed E-state index contributed by atoms with van der Waals surface area (Å²) in [5.41, 5.74) is 2.53. The van der Waals surface area contributed by atoms with Crippen LogP contribution in [-0.2, 0) is 11.2 Å². The molecule has 0 aliphatic heterocycles. The third-order valence-electron chi connectivity index (χ3n) is 3.09. The largest absolute Gasteiger partial charge is 0.481 e. The van der Waals surface area contributed by atoms with Gasteiger partial charge in [-0.15, -0.1) is 0 Å². The molecule has 88 valence electrons. The minimum absolute atomic E-state index is 0.239. The van der Waals surface area contributed by atoms with Crippen molar-refractivity contribution >= 4 is 16.7 Å². The predicted octanol–water partition coefficient (Wildman–Crippen LogP) is 3.56. The third-order valence-corrected chi connectivity index (χ3v) is 3.09.